The molecule has 0 bridgehead atoms. The summed E-state index contributed by atoms with van der Waals surface area (Å²) in [5.74, 6) is -1.56. The van der Waals surface area contributed by atoms with Crippen LogP contribution in [0.5, 0.6) is 11.5 Å². The highest BCUT2D eigenvalue weighted by Gasteiger charge is 2.21. The van der Waals surface area contributed by atoms with Crippen molar-refractivity contribution in [2.24, 2.45) is 0 Å². The van der Waals surface area contributed by atoms with Crippen molar-refractivity contribution in [1.29, 1.82) is 5.26 Å². The van der Waals surface area contributed by atoms with Crippen LogP contribution in [0.15, 0.2) is 40.4 Å². The molecule has 148 valence electrons. The van der Waals surface area contributed by atoms with Gasteiger partial charge in [-0.3, -0.25) is 25.0 Å². The molecular formula is C17H11BrN4O7. The Morgan fingerprint density at radius 2 is 1.90 bits per heavy atom. The minimum atomic E-state index is -1.01. The number of phenolic OH excluding ortho intramolecular Hbond substituents is 1. The molecule has 0 saturated heterocycles. The summed E-state index contributed by atoms with van der Waals surface area (Å²) in [5.41, 5.74) is -1.99. The van der Waals surface area contributed by atoms with E-state index in [1.54, 1.807) is 6.07 Å². The van der Waals surface area contributed by atoms with E-state index in [-0.39, 0.29) is 21.5 Å². The molecule has 0 aromatic heterocycles. The quantitative estimate of drug-likeness (QED) is 0.284. The third-order valence-corrected chi connectivity index (χ3v) is 4.05. The Morgan fingerprint density at radius 3 is 2.45 bits per heavy atom. The Morgan fingerprint density at radius 1 is 1.24 bits per heavy atom. The van der Waals surface area contributed by atoms with Crippen molar-refractivity contribution in [3.63, 3.8) is 0 Å². The topological polar surface area (TPSA) is 169 Å². The van der Waals surface area contributed by atoms with Crippen molar-refractivity contribution < 1.29 is 24.5 Å². The summed E-state index contributed by atoms with van der Waals surface area (Å²) >= 11 is 3.04. The number of nitriles is 1. The number of amides is 1. The van der Waals surface area contributed by atoms with E-state index in [1.165, 1.54) is 25.3 Å². The third-order valence-electron chi connectivity index (χ3n) is 3.60. The van der Waals surface area contributed by atoms with Gasteiger partial charge in [-0.2, -0.15) is 5.26 Å². The number of halogens is 1. The van der Waals surface area contributed by atoms with Crippen LogP contribution in [0.2, 0.25) is 0 Å². The van der Waals surface area contributed by atoms with Gasteiger partial charge < -0.3 is 15.2 Å². The maximum Gasteiger partial charge on any atom is 0.312 e. The number of ether oxygens (including phenoxy) is 1. The number of hydrogen-bond acceptors (Lipinski definition) is 8. The molecule has 0 aliphatic carbocycles. The van der Waals surface area contributed by atoms with E-state index >= 15 is 0 Å². The van der Waals surface area contributed by atoms with E-state index in [2.05, 4.69) is 21.2 Å². The number of methoxy groups -OCH3 is 1. The van der Waals surface area contributed by atoms with Gasteiger partial charge in [-0.1, -0.05) is 15.9 Å². The normalized spacial score (nSPS) is 10.7. The first kappa shape index (κ1) is 21.3. The smallest absolute Gasteiger partial charge is 0.312 e. The summed E-state index contributed by atoms with van der Waals surface area (Å²) < 4.78 is 5.13. The van der Waals surface area contributed by atoms with Crippen LogP contribution in [0, 0.1) is 31.6 Å². The van der Waals surface area contributed by atoms with Gasteiger partial charge in [0, 0.05) is 16.1 Å². The van der Waals surface area contributed by atoms with Crippen LogP contribution in [0.4, 0.5) is 17.1 Å². The molecule has 29 heavy (non-hydrogen) atoms. The minimum absolute atomic E-state index is 0.165. The van der Waals surface area contributed by atoms with Crippen molar-refractivity contribution >= 4 is 45.0 Å². The monoisotopic (exact) mass is 462 g/mol. The van der Waals surface area contributed by atoms with Crippen molar-refractivity contribution in [3.05, 3.63) is 66.2 Å². The molecule has 0 aliphatic heterocycles. The van der Waals surface area contributed by atoms with Crippen molar-refractivity contribution in [2.45, 2.75) is 0 Å². The van der Waals surface area contributed by atoms with Crippen molar-refractivity contribution in [1.82, 2.24) is 0 Å². The van der Waals surface area contributed by atoms with E-state index in [0.717, 1.165) is 18.2 Å². The number of hydrogen-bond donors (Lipinski definition) is 2. The molecule has 0 fully saturated rings. The van der Waals surface area contributed by atoms with Gasteiger partial charge in [0.2, 0.25) is 5.75 Å². The zero-order valence-electron chi connectivity index (χ0n) is 14.6. The second kappa shape index (κ2) is 8.81. The predicted molar refractivity (Wildman–Crippen MR) is 104 cm³/mol. The number of carbonyl (C=O) groups excluding carboxylic acids is 1. The molecule has 0 atom stereocenters. The lowest BCUT2D eigenvalue weighted by Gasteiger charge is -2.07. The zero-order chi connectivity index (χ0) is 21.7. The lowest BCUT2D eigenvalue weighted by Crippen LogP contribution is -2.14. The van der Waals surface area contributed by atoms with E-state index in [9.17, 15) is 35.4 Å². The number of carbonyl (C=O) groups is 1. The van der Waals surface area contributed by atoms with Gasteiger partial charge in [0.05, 0.1) is 23.0 Å². The largest absolute Gasteiger partial charge is 0.502 e. The van der Waals surface area contributed by atoms with Crippen LogP contribution in [0.3, 0.4) is 0 Å². The van der Waals surface area contributed by atoms with E-state index < -0.39 is 38.5 Å². The number of aromatic hydroxyl groups is 1. The summed E-state index contributed by atoms with van der Waals surface area (Å²) in [6, 6.07) is 7.61. The van der Waals surface area contributed by atoms with E-state index in [4.69, 9.17) is 4.74 Å². The molecule has 0 radical (unpaired) electrons. The van der Waals surface area contributed by atoms with Crippen LogP contribution >= 0.6 is 15.9 Å². The molecule has 0 heterocycles. The van der Waals surface area contributed by atoms with Gasteiger partial charge in [0.1, 0.15) is 23.1 Å². The molecule has 0 unspecified atom stereocenters. The summed E-state index contributed by atoms with van der Waals surface area (Å²) in [6.07, 6.45) is 0.928. The van der Waals surface area contributed by atoms with Crippen LogP contribution in [0.25, 0.3) is 6.08 Å². The Balaban J connectivity index is 2.44. The van der Waals surface area contributed by atoms with E-state index in [0.29, 0.717) is 0 Å². The average Bonchev–Trinajstić information content (AvgIpc) is 2.67. The molecule has 2 aromatic rings. The predicted octanol–water partition coefficient (Wildman–Crippen LogP) is 3.53. The van der Waals surface area contributed by atoms with Crippen LogP contribution in [-0.2, 0) is 4.79 Å². The molecule has 0 saturated carbocycles. The third kappa shape index (κ3) is 4.85. The lowest BCUT2D eigenvalue weighted by molar-refractivity contribution is -0.386. The highest BCUT2D eigenvalue weighted by atomic mass is 79.9. The molecule has 11 nitrogen and oxygen atoms in total. The first-order valence-electron chi connectivity index (χ1n) is 7.60. The number of nitro groups is 2. The fraction of sp³-hybridized carbons (Fsp3) is 0.0588. The number of rotatable bonds is 6. The fourth-order valence-corrected chi connectivity index (χ4v) is 2.71. The number of nitrogens with one attached hydrogen (secondary N) is 1. The molecule has 2 N–H and O–H groups in total. The molecule has 2 aromatic carbocycles. The summed E-state index contributed by atoms with van der Waals surface area (Å²) in [4.78, 5) is 33.0. The first-order valence-corrected chi connectivity index (χ1v) is 8.39. The van der Waals surface area contributed by atoms with Crippen LogP contribution in [0.1, 0.15) is 5.56 Å². The van der Waals surface area contributed by atoms with Crippen LogP contribution in [-0.4, -0.2) is 28.0 Å². The van der Waals surface area contributed by atoms with Gasteiger partial charge in [0.15, 0.2) is 0 Å². The van der Waals surface area contributed by atoms with Gasteiger partial charge in [-0.15, -0.1) is 0 Å². The Bertz CT molecular complexity index is 1090. The Labute approximate surface area is 171 Å². The van der Waals surface area contributed by atoms with Gasteiger partial charge in [-0.25, -0.2) is 0 Å². The second-order valence-electron chi connectivity index (χ2n) is 5.38. The van der Waals surface area contributed by atoms with Crippen molar-refractivity contribution in [3.8, 4) is 17.6 Å². The highest BCUT2D eigenvalue weighted by Crippen LogP contribution is 2.35. The zero-order valence-corrected chi connectivity index (χ0v) is 16.2. The standard InChI is InChI=1S/C17H11BrN4O7/c1-29-12-2-3-13(14(7-12)21(25)26)20-17(24)10(8-19)4-9-5-11(18)6-15(16(9)23)22(27)28/h2-7,23H,1H3,(H,20,24). The second-order valence-corrected chi connectivity index (χ2v) is 6.30. The van der Waals surface area contributed by atoms with Gasteiger partial charge in [0.25, 0.3) is 11.6 Å². The van der Waals surface area contributed by atoms with E-state index in [1.807, 2.05) is 0 Å². The molecule has 0 aliphatic rings. The number of benzene rings is 2. The lowest BCUT2D eigenvalue weighted by atomic mass is 10.1. The number of nitrogens with zero attached hydrogens (tertiary/aromatic N) is 3. The van der Waals surface area contributed by atoms with Crippen LogP contribution < -0.4 is 10.1 Å². The molecule has 1 amide bonds. The average molecular weight is 463 g/mol. The molecule has 12 heteroatoms. The summed E-state index contributed by atoms with van der Waals surface area (Å²) in [5, 5.41) is 43.7. The Hall–Kier alpha value is -3.98. The van der Waals surface area contributed by atoms with Gasteiger partial charge in [-0.05, 0) is 24.3 Å². The minimum Gasteiger partial charge on any atom is -0.502 e. The Kier molecular flexibility index (Phi) is 6.47. The maximum absolute atomic E-state index is 12.4. The molecule has 0 spiro atoms. The SMILES string of the molecule is COc1ccc(NC(=O)C(C#N)=Cc2cc(Br)cc([N+](=O)[O-])c2O)c([N+](=O)[O-])c1. The first-order chi connectivity index (χ1) is 13.7. The summed E-state index contributed by atoms with van der Waals surface area (Å²) in [6.45, 7) is 0. The molecule has 2 rings (SSSR count). The fourth-order valence-electron chi connectivity index (χ4n) is 2.24. The maximum atomic E-state index is 12.4. The molecular weight excluding hydrogens is 452 g/mol. The number of nitro benzene ring substituents is 2. The highest BCUT2D eigenvalue weighted by molar-refractivity contribution is 9.10. The van der Waals surface area contributed by atoms with Crippen molar-refractivity contribution in [2.75, 3.05) is 12.4 Å². The number of anilines is 1. The van der Waals surface area contributed by atoms with Gasteiger partial charge >= 0.3 is 5.69 Å². The summed E-state index contributed by atoms with van der Waals surface area (Å²) in [7, 11) is 1.32. The number of phenols is 1.